The van der Waals surface area contributed by atoms with Crippen LogP contribution < -0.4 is 15.4 Å². The summed E-state index contributed by atoms with van der Waals surface area (Å²) in [6.07, 6.45) is 1.53. The Bertz CT molecular complexity index is 909. The molecule has 0 saturated heterocycles. The summed E-state index contributed by atoms with van der Waals surface area (Å²) >= 11 is 6.08. The molecule has 1 aromatic heterocycles. The molecule has 0 bridgehead atoms. The van der Waals surface area contributed by atoms with Gasteiger partial charge in [-0.25, -0.2) is 4.98 Å². The lowest BCUT2D eigenvalue weighted by molar-refractivity contribution is 0.102. The zero-order valence-electron chi connectivity index (χ0n) is 14.4. The maximum Gasteiger partial charge on any atom is 0.257 e. The molecule has 0 aliphatic heterocycles. The zero-order chi connectivity index (χ0) is 18.5. The van der Waals surface area contributed by atoms with Crippen LogP contribution in [-0.4, -0.2) is 18.0 Å². The summed E-state index contributed by atoms with van der Waals surface area (Å²) in [5, 5.41) is 6.63. The fourth-order valence-corrected chi connectivity index (χ4v) is 2.54. The molecule has 2 N–H and O–H groups in total. The third kappa shape index (κ3) is 4.13. The van der Waals surface area contributed by atoms with Crippen LogP contribution in [0.4, 0.5) is 17.2 Å². The Hall–Kier alpha value is -3.05. The molecule has 0 radical (unpaired) electrons. The number of nitrogens with one attached hydrogen (secondary N) is 2. The van der Waals surface area contributed by atoms with Crippen molar-refractivity contribution >= 4 is 34.7 Å². The van der Waals surface area contributed by atoms with Gasteiger partial charge in [0.25, 0.3) is 5.91 Å². The maximum atomic E-state index is 12.4. The molecule has 3 aromatic rings. The van der Waals surface area contributed by atoms with Crippen LogP contribution in [0.1, 0.15) is 15.9 Å². The largest absolute Gasteiger partial charge is 0.497 e. The van der Waals surface area contributed by atoms with Crippen molar-refractivity contribution in [2.24, 2.45) is 0 Å². The summed E-state index contributed by atoms with van der Waals surface area (Å²) < 4.78 is 5.13. The van der Waals surface area contributed by atoms with Crippen molar-refractivity contribution in [3.05, 3.63) is 76.9 Å². The van der Waals surface area contributed by atoms with E-state index < -0.39 is 0 Å². The van der Waals surface area contributed by atoms with E-state index >= 15 is 0 Å². The van der Waals surface area contributed by atoms with Crippen LogP contribution >= 0.6 is 11.6 Å². The molecular weight excluding hydrogens is 350 g/mol. The molecule has 0 fully saturated rings. The summed E-state index contributed by atoms with van der Waals surface area (Å²) in [6, 6.07) is 16.4. The van der Waals surface area contributed by atoms with Gasteiger partial charge in [0.05, 0.1) is 12.7 Å². The standard InChI is InChI=1S/C20H18ClN3O2/c1-13-17(21)4-3-5-18(13)24-20(25)14-6-11-19(22-12-14)23-15-7-9-16(26-2)10-8-15/h3-12H,1-2H3,(H,22,23)(H,24,25). The fourth-order valence-electron chi connectivity index (χ4n) is 2.36. The summed E-state index contributed by atoms with van der Waals surface area (Å²) in [5.74, 6) is 1.19. The Kier molecular flexibility index (Phi) is 5.39. The minimum atomic E-state index is -0.237. The monoisotopic (exact) mass is 367 g/mol. The van der Waals surface area contributed by atoms with Gasteiger partial charge in [-0.05, 0) is 61.0 Å². The number of aromatic nitrogens is 1. The first-order valence-electron chi connectivity index (χ1n) is 8.00. The average Bonchev–Trinajstić information content (AvgIpc) is 2.66. The second kappa shape index (κ2) is 7.89. The second-order valence-corrected chi connectivity index (χ2v) is 6.06. The highest BCUT2D eigenvalue weighted by Crippen LogP contribution is 2.24. The van der Waals surface area contributed by atoms with Gasteiger partial charge in [-0.1, -0.05) is 17.7 Å². The van der Waals surface area contributed by atoms with Crippen LogP contribution in [0.15, 0.2) is 60.8 Å². The maximum absolute atomic E-state index is 12.4. The van der Waals surface area contributed by atoms with Gasteiger partial charge in [-0.15, -0.1) is 0 Å². The van der Waals surface area contributed by atoms with Crippen molar-refractivity contribution in [1.29, 1.82) is 0 Å². The van der Waals surface area contributed by atoms with E-state index in [0.29, 0.717) is 22.1 Å². The Balaban J connectivity index is 1.68. The number of rotatable bonds is 5. The van der Waals surface area contributed by atoms with Gasteiger partial charge in [0.1, 0.15) is 11.6 Å². The van der Waals surface area contributed by atoms with Crippen molar-refractivity contribution in [2.45, 2.75) is 6.92 Å². The number of carbonyl (C=O) groups is 1. The Labute approximate surface area is 157 Å². The van der Waals surface area contributed by atoms with E-state index in [1.165, 1.54) is 6.20 Å². The van der Waals surface area contributed by atoms with E-state index in [1.807, 2.05) is 37.3 Å². The second-order valence-electron chi connectivity index (χ2n) is 5.65. The first-order valence-corrected chi connectivity index (χ1v) is 8.38. The molecule has 0 saturated carbocycles. The van der Waals surface area contributed by atoms with Crippen LogP contribution in [-0.2, 0) is 0 Å². The lowest BCUT2D eigenvalue weighted by Crippen LogP contribution is -2.13. The zero-order valence-corrected chi connectivity index (χ0v) is 15.2. The van der Waals surface area contributed by atoms with Gasteiger partial charge in [0.15, 0.2) is 0 Å². The van der Waals surface area contributed by atoms with E-state index in [4.69, 9.17) is 16.3 Å². The van der Waals surface area contributed by atoms with Crippen LogP contribution in [0.5, 0.6) is 5.75 Å². The molecule has 1 amide bonds. The van der Waals surface area contributed by atoms with Crippen molar-refractivity contribution in [2.75, 3.05) is 17.7 Å². The summed E-state index contributed by atoms with van der Waals surface area (Å²) in [5.41, 5.74) is 2.85. The van der Waals surface area contributed by atoms with Crippen molar-refractivity contribution in [3.8, 4) is 5.75 Å². The quantitative estimate of drug-likeness (QED) is 0.662. The van der Waals surface area contributed by atoms with Crippen LogP contribution in [0.25, 0.3) is 0 Å². The third-order valence-electron chi connectivity index (χ3n) is 3.90. The summed E-state index contributed by atoms with van der Waals surface area (Å²) in [6.45, 7) is 1.86. The van der Waals surface area contributed by atoms with Crippen LogP contribution in [0.2, 0.25) is 5.02 Å². The number of hydrogen-bond acceptors (Lipinski definition) is 4. The van der Waals surface area contributed by atoms with E-state index in [0.717, 1.165) is 17.0 Å². The van der Waals surface area contributed by atoms with E-state index in [9.17, 15) is 4.79 Å². The van der Waals surface area contributed by atoms with Gasteiger partial charge in [0.2, 0.25) is 0 Å². The molecule has 132 valence electrons. The fraction of sp³-hybridized carbons (Fsp3) is 0.100. The van der Waals surface area contributed by atoms with Crippen LogP contribution in [0.3, 0.4) is 0 Å². The molecule has 3 rings (SSSR count). The molecule has 0 unspecified atom stereocenters. The Morgan fingerprint density at radius 1 is 1.08 bits per heavy atom. The van der Waals surface area contributed by atoms with Crippen molar-refractivity contribution in [1.82, 2.24) is 4.98 Å². The smallest absolute Gasteiger partial charge is 0.257 e. The van der Waals surface area contributed by atoms with Gasteiger partial charge >= 0.3 is 0 Å². The van der Waals surface area contributed by atoms with Crippen molar-refractivity contribution < 1.29 is 9.53 Å². The number of hydrogen-bond donors (Lipinski definition) is 2. The average molecular weight is 368 g/mol. The lowest BCUT2D eigenvalue weighted by atomic mass is 10.2. The Morgan fingerprint density at radius 2 is 1.85 bits per heavy atom. The number of amides is 1. The van der Waals surface area contributed by atoms with Gasteiger partial charge in [-0.3, -0.25) is 4.79 Å². The number of anilines is 3. The highest BCUT2D eigenvalue weighted by atomic mass is 35.5. The summed E-state index contributed by atoms with van der Waals surface area (Å²) in [7, 11) is 1.62. The Morgan fingerprint density at radius 3 is 2.50 bits per heavy atom. The SMILES string of the molecule is COc1ccc(Nc2ccc(C(=O)Nc3cccc(Cl)c3C)cn2)cc1. The van der Waals surface area contributed by atoms with Crippen LogP contribution in [0, 0.1) is 6.92 Å². The van der Waals surface area contributed by atoms with Gasteiger partial charge < -0.3 is 15.4 Å². The number of halogens is 1. The highest BCUT2D eigenvalue weighted by Gasteiger charge is 2.10. The number of methoxy groups -OCH3 is 1. The topological polar surface area (TPSA) is 63.2 Å². The predicted molar refractivity (Wildman–Crippen MR) is 105 cm³/mol. The van der Waals surface area contributed by atoms with E-state index in [1.54, 1.807) is 31.4 Å². The predicted octanol–water partition coefficient (Wildman–Crippen LogP) is 5.05. The number of benzene rings is 2. The molecule has 2 aromatic carbocycles. The molecule has 5 nitrogen and oxygen atoms in total. The first-order chi connectivity index (χ1) is 12.6. The molecule has 0 spiro atoms. The van der Waals surface area contributed by atoms with Gasteiger partial charge in [0, 0.05) is 22.6 Å². The molecule has 0 atom stereocenters. The minimum Gasteiger partial charge on any atom is -0.497 e. The van der Waals surface area contributed by atoms with Crippen molar-refractivity contribution in [3.63, 3.8) is 0 Å². The van der Waals surface area contributed by atoms with Gasteiger partial charge in [-0.2, -0.15) is 0 Å². The third-order valence-corrected chi connectivity index (χ3v) is 4.31. The van der Waals surface area contributed by atoms with E-state index in [2.05, 4.69) is 15.6 Å². The lowest BCUT2D eigenvalue weighted by Gasteiger charge is -2.10. The molecule has 1 heterocycles. The molecule has 6 heteroatoms. The minimum absolute atomic E-state index is 0.237. The number of ether oxygens (including phenoxy) is 1. The van der Waals surface area contributed by atoms with E-state index in [-0.39, 0.29) is 5.91 Å². The molecule has 0 aliphatic carbocycles. The number of carbonyl (C=O) groups excluding carboxylic acids is 1. The number of pyridine rings is 1. The molecule has 26 heavy (non-hydrogen) atoms. The highest BCUT2D eigenvalue weighted by molar-refractivity contribution is 6.31. The number of nitrogens with zero attached hydrogens (tertiary/aromatic N) is 1. The first kappa shape index (κ1) is 17.8. The summed E-state index contributed by atoms with van der Waals surface area (Å²) in [4.78, 5) is 16.7. The normalized spacial score (nSPS) is 10.3. The molecular formula is C20H18ClN3O2. The molecule has 0 aliphatic rings.